The SMILES string of the molecule is CCc1cc(Nc2nccn3c(-c4cn(CC#N)nc4C(F)(F)F)cnc23)ccc1C(=O)NCC(=O)N1CC2(CNC2)C1.O=CO. The maximum absolute atomic E-state index is 13.7. The topological polar surface area (TPSA) is 183 Å². The first-order chi connectivity index (χ1) is 22.0. The van der Waals surface area contributed by atoms with Crippen molar-refractivity contribution in [3.05, 3.63) is 59.8 Å². The molecule has 0 atom stereocenters. The van der Waals surface area contributed by atoms with Crippen LogP contribution in [0.15, 0.2) is 43.0 Å². The molecule has 240 valence electrons. The van der Waals surface area contributed by atoms with Crippen LogP contribution in [0.5, 0.6) is 0 Å². The van der Waals surface area contributed by atoms with E-state index in [0.717, 1.165) is 23.3 Å². The molecule has 2 aliphatic rings. The molecule has 0 saturated carbocycles. The number of anilines is 2. The number of rotatable bonds is 8. The second kappa shape index (κ2) is 12.9. The van der Waals surface area contributed by atoms with Crippen molar-refractivity contribution in [1.82, 2.24) is 39.7 Å². The average Bonchev–Trinajstić information content (AvgIpc) is 3.60. The van der Waals surface area contributed by atoms with Gasteiger partial charge < -0.3 is 26.0 Å². The average molecular weight is 639 g/mol. The minimum Gasteiger partial charge on any atom is -0.483 e. The van der Waals surface area contributed by atoms with Gasteiger partial charge in [0, 0.05) is 61.4 Å². The Morgan fingerprint density at radius 3 is 2.61 bits per heavy atom. The first kappa shape index (κ1) is 31.9. The normalized spacial score (nSPS) is 14.8. The molecule has 1 aromatic carbocycles. The van der Waals surface area contributed by atoms with Gasteiger partial charge >= 0.3 is 6.18 Å². The molecule has 2 saturated heterocycles. The molecule has 1 spiro atoms. The van der Waals surface area contributed by atoms with E-state index >= 15 is 0 Å². The summed E-state index contributed by atoms with van der Waals surface area (Å²) in [5.74, 6) is -0.182. The summed E-state index contributed by atoms with van der Waals surface area (Å²) in [4.78, 5) is 44.2. The number of nitriles is 1. The summed E-state index contributed by atoms with van der Waals surface area (Å²) in [6.07, 6.45) is 1.16. The van der Waals surface area contributed by atoms with Crippen LogP contribution in [0.2, 0.25) is 0 Å². The molecule has 46 heavy (non-hydrogen) atoms. The number of carbonyl (C=O) groups is 3. The Balaban J connectivity index is 0.00000134. The van der Waals surface area contributed by atoms with Crippen LogP contribution in [-0.4, -0.2) is 85.2 Å². The first-order valence-corrected chi connectivity index (χ1v) is 14.1. The molecule has 2 fully saturated rings. The molecule has 0 unspecified atom stereocenters. The van der Waals surface area contributed by atoms with Crippen LogP contribution in [-0.2, 0) is 28.7 Å². The van der Waals surface area contributed by atoms with Gasteiger partial charge in [-0.25, -0.2) is 9.97 Å². The van der Waals surface area contributed by atoms with E-state index in [1.54, 1.807) is 29.2 Å². The van der Waals surface area contributed by atoms with E-state index in [1.807, 2.05) is 6.92 Å². The maximum atomic E-state index is 13.7. The van der Waals surface area contributed by atoms with Gasteiger partial charge in [0.2, 0.25) is 5.91 Å². The number of imidazole rings is 1. The highest BCUT2D eigenvalue weighted by atomic mass is 19.4. The number of benzene rings is 1. The monoisotopic (exact) mass is 638 g/mol. The highest BCUT2D eigenvalue weighted by molar-refractivity contribution is 5.98. The maximum Gasteiger partial charge on any atom is 0.435 e. The fourth-order valence-electron chi connectivity index (χ4n) is 5.51. The summed E-state index contributed by atoms with van der Waals surface area (Å²) in [6, 6.07) is 6.90. The predicted octanol–water partition coefficient (Wildman–Crippen LogP) is 2.30. The number of likely N-dealkylation sites (tertiary alicyclic amines) is 1. The third kappa shape index (κ3) is 6.33. The van der Waals surface area contributed by atoms with E-state index in [1.165, 1.54) is 29.2 Å². The van der Waals surface area contributed by atoms with E-state index in [4.69, 9.17) is 15.2 Å². The Hall–Kier alpha value is -5.50. The van der Waals surface area contributed by atoms with Crippen molar-refractivity contribution >= 4 is 35.4 Å². The van der Waals surface area contributed by atoms with Gasteiger partial charge in [0.15, 0.2) is 17.2 Å². The summed E-state index contributed by atoms with van der Waals surface area (Å²) < 4.78 is 43.6. The van der Waals surface area contributed by atoms with E-state index < -0.39 is 11.9 Å². The highest BCUT2D eigenvalue weighted by Gasteiger charge is 2.49. The Morgan fingerprint density at radius 1 is 1.24 bits per heavy atom. The van der Waals surface area contributed by atoms with Crippen molar-refractivity contribution in [2.45, 2.75) is 26.1 Å². The fraction of sp³-hybridized carbons (Fsp3) is 0.345. The largest absolute Gasteiger partial charge is 0.483 e. The molecule has 0 radical (unpaired) electrons. The summed E-state index contributed by atoms with van der Waals surface area (Å²) in [5, 5.41) is 28.5. The second-order valence-electron chi connectivity index (χ2n) is 10.8. The van der Waals surface area contributed by atoms with Gasteiger partial charge in [0.1, 0.15) is 6.54 Å². The number of fused-ring (bicyclic) bond motifs is 1. The molecule has 0 bridgehead atoms. The Morgan fingerprint density at radius 2 is 1.98 bits per heavy atom. The fourth-order valence-corrected chi connectivity index (χ4v) is 5.51. The lowest BCUT2D eigenvalue weighted by Crippen LogP contribution is -2.72. The zero-order chi connectivity index (χ0) is 33.1. The second-order valence-corrected chi connectivity index (χ2v) is 10.8. The molecule has 3 aromatic heterocycles. The zero-order valence-corrected chi connectivity index (χ0v) is 24.5. The van der Waals surface area contributed by atoms with Crippen LogP contribution >= 0.6 is 0 Å². The van der Waals surface area contributed by atoms with Gasteiger partial charge in [-0.1, -0.05) is 6.92 Å². The van der Waals surface area contributed by atoms with Crippen LogP contribution in [0, 0.1) is 16.7 Å². The van der Waals surface area contributed by atoms with Crippen molar-refractivity contribution in [3.63, 3.8) is 0 Å². The number of hydrogen-bond donors (Lipinski definition) is 4. The van der Waals surface area contributed by atoms with Gasteiger partial charge in [-0.15, -0.1) is 0 Å². The van der Waals surface area contributed by atoms with Gasteiger partial charge in [-0.05, 0) is 30.2 Å². The van der Waals surface area contributed by atoms with E-state index in [2.05, 4.69) is 31.0 Å². The van der Waals surface area contributed by atoms with E-state index in [-0.39, 0.29) is 59.5 Å². The molecule has 2 amide bonds. The number of aromatic nitrogens is 5. The summed E-state index contributed by atoms with van der Waals surface area (Å²) in [5.41, 5.74) is 1.02. The van der Waals surface area contributed by atoms with Crippen LogP contribution in [0.3, 0.4) is 0 Å². The van der Waals surface area contributed by atoms with Crippen molar-refractivity contribution in [2.75, 3.05) is 38.0 Å². The molecule has 6 rings (SSSR count). The van der Waals surface area contributed by atoms with Crippen molar-refractivity contribution < 1.29 is 32.7 Å². The van der Waals surface area contributed by atoms with Gasteiger partial charge in [0.25, 0.3) is 12.4 Å². The lowest BCUT2D eigenvalue weighted by atomic mass is 9.74. The van der Waals surface area contributed by atoms with Crippen LogP contribution in [0.4, 0.5) is 24.7 Å². The van der Waals surface area contributed by atoms with Crippen molar-refractivity contribution in [1.29, 1.82) is 5.26 Å². The van der Waals surface area contributed by atoms with Crippen LogP contribution in [0.25, 0.3) is 16.9 Å². The Kier molecular flexibility index (Phi) is 8.91. The number of amides is 2. The number of hydrogen-bond acceptors (Lipinski definition) is 9. The third-order valence-electron chi connectivity index (χ3n) is 7.77. The Bertz CT molecular complexity index is 1820. The molecule has 4 aromatic rings. The molecule has 14 nitrogen and oxygen atoms in total. The molecule has 17 heteroatoms. The number of halogens is 3. The third-order valence-corrected chi connectivity index (χ3v) is 7.77. The highest BCUT2D eigenvalue weighted by Crippen LogP contribution is 2.37. The van der Waals surface area contributed by atoms with E-state index in [0.29, 0.717) is 30.8 Å². The van der Waals surface area contributed by atoms with E-state index in [9.17, 15) is 22.8 Å². The number of nitrogens with one attached hydrogen (secondary N) is 3. The molecule has 2 aliphatic heterocycles. The summed E-state index contributed by atoms with van der Waals surface area (Å²) >= 11 is 0. The lowest BCUT2D eigenvalue weighted by molar-refractivity contribution is -0.145. The van der Waals surface area contributed by atoms with Crippen molar-refractivity contribution in [2.24, 2.45) is 5.41 Å². The van der Waals surface area contributed by atoms with Crippen molar-refractivity contribution in [3.8, 4) is 17.3 Å². The number of carbonyl (C=O) groups excluding carboxylic acids is 2. The van der Waals surface area contributed by atoms with Crippen LogP contribution in [0.1, 0.15) is 28.5 Å². The summed E-state index contributed by atoms with van der Waals surface area (Å²) in [7, 11) is 0. The standard InChI is InChI=1S/C28H27F3N10O2.CH2O2/c1-2-17-9-18(3-4-19(17)26(43)36-11-22(42)39-15-27(16-39)13-33-14-27)37-24-25-35-10-21(41(25)8-6-34-24)20-12-40(7-5-32)38-23(20)28(29,30)31;2-1-3/h3-4,6,8-10,12,33H,2,7,11,13-16H2,1H3,(H,34,37)(H,36,43);1H,(H,2,3). The Labute approximate surface area is 259 Å². The smallest absolute Gasteiger partial charge is 0.435 e. The molecule has 5 heterocycles. The lowest BCUT2D eigenvalue weighted by Gasteiger charge is -2.56. The number of alkyl halides is 3. The molecular formula is C29H29F3N10O4. The number of nitrogens with zero attached hydrogens (tertiary/aromatic N) is 7. The first-order valence-electron chi connectivity index (χ1n) is 14.1. The number of aryl methyl sites for hydroxylation is 1. The van der Waals surface area contributed by atoms with Gasteiger partial charge in [-0.2, -0.15) is 23.5 Å². The van der Waals surface area contributed by atoms with Gasteiger partial charge in [0.05, 0.1) is 30.1 Å². The molecule has 0 aliphatic carbocycles. The summed E-state index contributed by atoms with van der Waals surface area (Å²) in [6.45, 7) is 4.50. The number of carboxylic acid groups (broad SMARTS) is 1. The zero-order valence-electron chi connectivity index (χ0n) is 24.5. The van der Waals surface area contributed by atoms with Gasteiger partial charge in [-0.3, -0.25) is 23.5 Å². The quantitative estimate of drug-likeness (QED) is 0.209. The molecular weight excluding hydrogens is 609 g/mol. The molecule has 4 N–H and O–H groups in total. The van der Waals surface area contributed by atoms with Crippen LogP contribution < -0.4 is 16.0 Å². The predicted molar refractivity (Wildman–Crippen MR) is 157 cm³/mol. The minimum absolute atomic E-state index is 0.0783. The minimum atomic E-state index is -4.74.